The number of aromatic amines is 1. The standard InChI is InChI=1S/C23H22ClN3O4/c24-15-2-3-17-18(10-15)26-19(11-20(17)28)23(29)25-16-5-7-27(8-6-16)12-14-1-4-21-22(9-14)31-13-30-21/h1-4,9-11,16H,5-8,12-13H2,(H,25,29)(H,26,28). The Morgan fingerprint density at radius 2 is 1.90 bits per heavy atom. The van der Waals surface area contributed by atoms with Crippen LogP contribution in [0.3, 0.4) is 0 Å². The van der Waals surface area contributed by atoms with Crippen LogP contribution in [0.25, 0.3) is 10.9 Å². The number of carbonyl (C=O) groups is 1. The van der Waals surface area contributed by atoms with Gasteiger partial charge in [0.2, 0.25) is 6.79 Å². The van der Waals surface area contributed by atoms with Gasteiger partial charge in [0.25, 0.3) is 5.91 Å². The van der Waals surface area contributed by atoms with Crippen molar-refractivity contribution in [2.24, 2.45) is 0 Å². The number of hydrogen-bond donors (Lipinski definition) is 2. The lowest BCUT2D eigenvalue weighted by molar-refractivity contribution is 0.0904. The van der Waals surface area contributed by atoms with Crippen molar-refractivity contribution in [3.05, 3.63) is 69.0 Å². The lowest BCUT2D eigenvalue weighted by atomic mass is 10.0. The largest absolute Gasteiger partial charge is 0.454 e. The Labute approximate surface area is 183 Å². The zero-order valence-electron chi connectivity index (χ0n) is 16.8. The van der Waals surface area contributed by atoms with E-state index >= 15 is 0 Å². The molecule has 5 rings (SSSR count). The van der Waals surface area contributed by atoms with E-state index in [9.17, 15) is 9.59 Å². The van der Waals surface area contributed by atoms with Crippen LogP contribution < -0.4 is 20.2 Å². The lowest BCUT2D eigenvalue weighted by Crippen LogP contribution is -2.44. The highest BCUT2D eigenvalue weighted by molar-refractivity contribution is 6.31. The minimum atomic E-state index is -0.270. The summed E-state index contributed by atoms with van der Waals surface area (Å²) in [6.07, 6.45) is 1.69. The van der Waals surface area contributed by atoms with E-state index in [4.69, 9.17) is 21.1 Å². The summed E-state index contributed by atoms with van der Waals surface area (Å²) >= 11 is 6.02. The number of rotatable bonds is 4. The lowest BCUT2D eigenvalue weighted by Gasteiger charge is -2.32. The second-order valence-corrected chi connectivity index (χ2v) is 8.39. The van der Waals surface area contributed by atoms with E-state index in [0.29, 0.717) is 15.9 Å². The summed E-state index contributed by atoms with van der Waals surface area (Å²) in [7, 11) is 0. The molecule has 0 saturated carbocycles. The van der Waals surface area contributed by atoms with Crippen LogP contribution in [0.5, 0.6) is 11.5 Å². The van der Waals surface area contributed by atoms with E-state index in [1.54, 1.807) is 18.2 Å². The molecule has 2 aliphatic heterocycles. The number of pyridine rings is 1. The predicted molar refractivity (Wildman–Crippen MR) is 118 cm³/mol. The van der Waals surface area contributed by atoms with E-state index in [1.165, 1.54) is 11.6 Å². The molecule has 0 atom stereocenters. The van der Waals surface area contributed by atoms with Gasteiger partial charge in [0.1, 0.15) is 5.69 Å². The number of nitrogens with zero attached hydrogens (tertiary/aromatic N) is 1. The van der Waals surface area contributed by atoms with Crippen LogP contribution in [0, 0.1) is 0 Å². The van der Waals surface area contributed by atoms with Gasteiger partial charge in [-0.05, 0) is 48.7 Å². The van der Waals surface area contributed by atoms with Gasteiger partial charge in [-0.15, -0.1) is 0 Å². The number of aromatic nitrogens is 1. The first-order chi connectivity index (χ1) is 15.0. The van der Waals surface area contributed by atoms with Crippen molar-refractivity contribution in [2.45, 2.75) is 25.4 Å². The number of carbonyl (C=O) groups excluding carboxylic acids is 1. The first kappa shape index (κ1) is 19.9. The fourth-order valence-electron chi connectivity index (χ4n) is 4.14. The van der Waals surface area contributed by atoms with Crippen molar-refractivity contribution >= 4 is 28.4 Å². The molecular weight excluding hydrogens is 418 g/mol. The van der Waals surface area contributed by atoms with Gasteiger partial charge in [-0.25, -0.2) is 0 Å². The number of halogens is 1. The molecule has 1 saturated heterocycles. The number of amides is 1. The summed E-state index contributed by atoms with van der Waals surface area (Å²) in [6, 6.07) is 12.4. The van der Waals surface area contributed by atoms with Crippen molar-refractivity contribution in [2.75, 3.05) is 19.9 Å². The molecule has 0 unspecified atom stereocenters. The zero-order chi connectivity index (χ0) is 21.4. The Kier molecular flexibility index (Phi) is 5.29. The first-order valence-electron chi connectivity index (χ1n) is 10.3. The summed E-state index contributed by atoms with van der Waals surface area (Å²) in [5, 5.41) is 4.08. The fraction of sp³-hybridized carbons (Fsp3) is 0.304. The first-order valence-corrected chi connectivity index (χ1v) is 10.7. The third kappa shape index (κ3) is 4.24. The maximum atomic E-state index is 12.7. The number of ether oxygens (including phenoxy) is 2. The maximum Gasteiger partial charge on any atom is 0.268 e. The molecule has 1 aromatic heterocycles. The smallest absolute Gasteiger partial charge is 0.268 e. The molecule has 2 N–H and O–H groups in total. The molecule has 0 radical (unpaired) electrons. The highest BCUT2D eigenvalue weighted by Crippen LogP contribution is 2.33. The number of piperidine rings is 1. The summed E-state index contributed by atoms with van der Waals surface area (Å²) in [5.41, 5.74) is 1.79. The Balaban J connectivity index is 1.19. The van der Waals surface area contributed by atoms with Crippen LogP contribution in [0.15, 0.2) is 47.3 Å². The van der Waals surface area contributed by atoms with Gasteiger partial charge >= 0.3 is 0 Å². The summed E-state index contributed by atoms with van der Waals surface area (Å²) in [5.74, 6) is 1.32. The summed E-state index contributed by atoms with van der Waals surface area (Å²) < 4.78 is 10.8. The van der Waals surface area contributed by atoms with E-state index in [-0.39, 0.29) is 29.9 Å². The SMILES string of the molecule is O=C(NC1CCN(Cc2ccc3c(c2)OCO3)CC1)c1cc(=O)c2ccc(Cl)cc2[nH]1. The Bertz CT molecular complexity index is 1200. The minimum absolute atomic E-state index is 0.0686. The van der Waals surface area contributed by atoms with Gasteiger partial charge in [0, 0.05) is 42.2 Å². The topological polar surface area (TPSA) is 83.7 Å². The van der Waals surface area contributed by atoms with Crippen molar-refractivity contribution in [3.8, 4) is 11.5 Å². The highest BCUT2D eigenvalue weighted by Gasteiger charge is 2.22. The van der Waals surface area contributed by atoms with Gasteiger partial charge in [-0.1, -0.05) is 17.7 Å². The van der Waals surface area contributed by atoms with Gasteiger partial charge in [-0.2, -0.15) is 0 Å². The normalized spacial score (nSPS) is 16.5. The van der Waals surface area contributed by atoms with Gasteiger partial charge < -0.3 is 19.8 Å². The molecule has 1 amide bonds. The molecule has 3 aromatic rings. The van der Waals surface area contributed by atoms with Crippen LogP contribution in [0.4, 0.5) is 0 Å². The third-order valence-corrected chi connectivity index (χ3v) is 6.04. The number of H-pyrrole nitrogens is 1. The van der Waals surface area contributed by atoms with Crippen molar-refractivity contribution < 1.29 is 14.3 Å². The molecule has 31 heavy (non-hydrogen) atoms. The van der Waals surface area contributed by atoms with E-state index < -0.39 is 0 Å². The molecule has 3 heterocycles. The average molecular weight is 440 g/mol. The molecule has 8 heteroatoms. The maximum absolute atomic E-state index is 12.7. The fourth-order valence-corrected chi connectivity index (χ4v) is 4.32. The second kappa shape index (κ2) is 8.24. The zero-order valence-corrected chi connectivity index (χ0v) is 17.6. The van der Waals surface area contributed by atoms with Gasteiger partial charge in [0.05, 0.1) is 5.52 Å². The van der Waals surface area contributed by atoms with Crippen molar-refractivity contribution in [1.29, 1.82) is 0 Å². The number of fused-ring (bicyclic) bond motifs is 2. The Hall–Kier alpha value is -3.03. The van der Waals surface area contributed by atoms with Gasteiger partial charge in [-0.3, -0.25) is 14.5 Å². The van der Waals surface area contributed by atoms with Crippen LogP contribution in [-0.2, 0) is 6.54 Å². The second-order valence-electron chi connectivity index (χ2n) is 7.95. The van der Waals surface area contributed by atoms with E-state index in [1.807, 2.05) is 12.1 Å². The Morgan fingerprint density at radius 3 is 2.74 bits per heavy atom. The molecule has 1 fully saturated rings. The number of hydrogen-bond acceptors (Lipinski definition) is 5. The van der Waals surface area contributed by atoms with Crippen molar-refractivity contribution in [3.63, 3.8) is 0 Å². The third-order valence-electron chi connectivity index (χ3n) is 5.80. The molecule has 7 nitrogen and oxygen atoms in total. The molecule has 0 spiro atoms. The predicted octanol–water partition coefficient (Wildman–Crippen LogP) is 3.30. The molecule has 2 aliphatic rings. The summed E-state index contributed by atoms with van der Waals surface area (Å²) in [6.45, 7) is 2.86. The number of benzene rings is 2. The number of likely N-dealkylation sites (tertiary alicyclic amines) is 1. The number of nitrogens with one attached hydrogen (secondary N) is 2. The average Bonchev–Trinajstić information content (AvgIpc) is 3.22. The monoisotopic (exact) mass is 439 g/mol. The van der Waals surface area contributed by atoms with Crippen LogP contribution >= 0.6 is 11.6 Å². The molecular formula is C23H22ClN3O4. The molecule has 2 aromatic carbocycles. The van der Waals surface area contributed by atoms with Crippen LogP contribution in [-0.4, -0.2) is 41.7 Å². The van der Waals surface area contributed by atoms with E-state index in [2.05, 4.69) is 21.3 Å². The van der Waals surface area contributed by atoms with Crippen LogP contribution in [0.1, 0.15) is 28.9 Å². The summed E-state index contributed by atoms with van der Waals surface area (Å²) in [4.78, 5) is 30.4. The van der Waals surface area contributed by atoms with Gasteiger partial charge in [0.15, 0.2) is 16.9 Å². The Morgan fingerprint density at radius 1 is 1.10 bits per heavy atom. The molecule has 0 aliphatic carbocycles. The van der Waals surface area contributed by atoms with Crippen LogP contribution in [0.2, 0.25) is 5.02 Å². The molecule has 0 bridgehead atoms. The van der Waals surface area contributed by atoms with E-state index in [0.717, 1.165) is 44.0 Å². The highest BCUT2D eigenvalue weighted by atomic mass is 35.5. The minimum Gasteiger partial charge on any atom is -0.454 e. The molecule has 160 valence electrons. The van der Waals surface area contributed by atoms with Crippen molar-refractivity contribution in [1.82, 2.24) is 15.2 Å². The quantitative estimate of drug-likeness (QED) is 0.651.